The van der Waals surface area contributed by atoms with Gasteiger partial charge in [0.25, 0.3) is 0 Å². The molecular formula is C22H37NO3. The molecule has 1 atom stereocenters. The maximum absolute atomic E-state index is 12.0. The predicted octanol–water partition coefficient (Wildman–Crippen LogP) is 5.49. The van der Waals surface area contributed by atoms with Crippen molar-refractivity contribution in [2.24, 2.45) is 5.92 Å². The summed E-state index contributed by atoms with van der Waals surface area (Å²) in [5, 5.41) is 3.00. The van der Waals surface area contributed by atoms with Crippen LogP contribution >= 0.6 is 0 Å². The Hall–Kier alpha value is -1.71. The van der Waals surface area contributed by atoms with E-state index >= 15 is 0 Å². The van der Waals surface area contributed by atoms with Crippen LogP contribution in [-0.2, 0) is 11.3 Å². The lowest BCUT2D eigenvalue weighted by molar-refractivity contribution is -0.121. The normalized spacial score (nSPS) is 12.1. The summed E-state index contributed by atoms with van der Waals surface area (Å²) in [6, 6.07) is 5.83. The zero-order valence-electron chi connectivity index (χ0n) is 17.3. The van der Waals surface area contributed by atoms with Gasteiger partial charge in [-0.05, 0) is 43.4 Å². The minimum Gasteiger partial charge on any atom is -0.493 e. The molecule has 1 amide bonds. The van der Waals surface area contributed by atoms with E-state index in [0.717, 1.165) is 36.5 Å². The van der Waals surface area contributed by atoms with Crippen molar-refractivity contribution in [1.29, 1.82) is 0 Å². The van der Waals surface area contributed by atoms with Crippen LogP contribution in [0.5, 0.6) is 11.5 Å². The van der Waals surface area contributed by atoms with Crippen LogP contribution in [0.2, 0.25) is 0 Å². The van der Waals surface area contributed by atoms with Gasteiger partial charge in [-0.3, -0.25) is 4.79 Å². The van der Waals surface area contributed by atoms with Gasteiger partial charge in [0.2, 0.25) is 5.91 Å². The number of rotatable bonds is 13. The number of hydrogen-bond donors (Lipinski definition) is 1. The number of ether oxygens (including phenoxy) is 2. The Morgan fingerprint density at radius 1 is 1.08 bits per heavy atom. The van der Waals surface area contributed by atoms with Crippen molar-refractivity contribution in [3.8, 4) is 11.5 Å². The number of amides is 1. The second-order valence-electron chi connectivity index (χ2n) is 7.45. The summed E-state index contributed by atoms with van der Waals surface area (Å²) in [5.74, 6) is 2.35. The van der Waals surface area contributed by atoms with Gasteiger partial charge in [-0.15, -0.1) is 0 Å². The van der Waals surface area contributed by atoms with Crippen LogP contribution in [0.3, 0.4) is 0 Å². The molecule has 0 saturated heterocycles. The van der Waals surface area contributed by atoms with Crippen molar-refractivity contribution in [1.82, 2.24) is 5.32 Å². The molecule has 0 aromatic heterocycles. The van der Waals surface area contributed by atoms with E-state index < -0.39 is 0 Å². The van der Waals surface area contributed by atoms with Crippen molar-refractivity contribution in [3.63, 3.8) is 0 Å². The van der Waals surface area contributed by atoms with E-state index in [1.54, 1.807) is 7.11 Å². The quantitative estimate of drug-likeness (QED) is 0.472. The van der Waals surface area contributed by atoms with E-state index in [-0.39, 0.29) is 12.0 Å². The lowest BCUT2D eigenvalue weighted by Crippen LogP contribution is -2.22. The summed E-state index contributed by atoms with van der Waals surface area (Å²) in [5.41, 5.74) is 1.02. The number of hydrogen-bond acceptors (Lipinski definition) is 3. The minimum absolute atomic E-state index is 0.118. The zero-order valence-corrected chi connectivity index (χ0v) is 17.3. The molecule has 4 nitrogen and oxygen atoms in total. The third-order valence-electron chi connectivity index (χ3n) is 4.56. The van der Waals surface area contributed by atoms with Gasteiger partial charge >= 0.3 is 0 Å². The van der Waals surface area contributed by atoms with E-state index in [1.165, 1.54) is 19.3 Å². The highest BCUT2D eigenvalue weighted by Gasteiger charge is 2.09. The van der Waals surface area contributed by atoms with Crippen LogP contribution in [0.25, 0.3) is 0 Å². The van der Waals surface area contributed by atoms with Crippen molar-refractivity contribution in [3.05, 3.63) is 23.8 Å². The standard InChI is InChI=1S/C22H37NO3/c1-6-18(4)26-20-14-13-19(15-21(20)25-5)16-23-22(24)12-10-8-7-9-11-17(2)3/h13-15,17-18H,6-12,16H2,1-5H3,(H,23,24). The van der Waals surface area contributed by atoms with Gasteiger partial charge in [0.05, 0.1) is 13.2 Å². The number of methoxy groups -OCH3 is 1. The molecule has 1 N–H and O–H groups in total. The van der Waals surface area contributed by atoms with E-state index in [0.29, 0.717) is 18.7 Å². The summed E-state index contributed by atoms with van der Waals surface area (Å²) in [6.45, 7) is 9.16. The monoisotopic (exact) mass is 363 g/mol. The van der Waals surface area contributed by atoms with Gasteiger partial charge in [-0.1, -0.05) is 52.5 Å². The maximum Gasteiger partial charge on any atom is 0.220 e. The Morgan fingerprint density at radius 3 is 2.46 bits per heavy atom. The van der Waals surface area contributed by atoms with Crippen LogP contribution in [-0.4, -0.2) is 19.1 Å². The molecule has 1 rings (SSSR count). The molecule has 4 heteroatoms. The van der Waals surface area contributed by atoms with E-state index in [1.807, 2.05) is 25.1 Å². The number of carbonyl (C=O) groups excluding carboxylic acids is 1. The molecule has 0 aliphatic carbocycles. The largest absolute Gasteiger partial charge is 0.493 e. The molecule has 0 spiro atoms. The number of nitrogens with one attached hydrogen (secondary N) is 1. The molecule has 0 heterocycles. The molecular weight excluding hydrogens is 326 g/mol. The molecule has 0 aliphatic heterocycles. The first-order chi connectivity index (χ1) is 12.5. The highest BCUT2D eigenvalue weighted by molar-refractivity contribution is 5.75. The first-order valence-electron chi connectivity index (χ1n) is 10.1. The molecule has 148 valence electrons. The first kappa shape index (κ1) is 22.3. The average molecular weight is 364 g/mol. The minimum atomic E-state index is 0.118. The zero-order chi connectivity index (χ0) is 19.4. The Labute approximate surface area is 159 Å². The molecule has 26 heavy (non-hydrogen) atoms. The fourth-order valence-electron chi connectivity index (χ4n) is 2.70. The lowest BCUT2D eigenvalue weighted by atomic mass is 10.0. The van der Waals surface area contributed by atoms with Crippen molar-refractivity contribution in [2.45, 2.75) is 85.3 Å². The fraction of sp³-hybridized carbons (Fsp3) is 0.682. The SMILES string of the molecule is CCC(C)Oc1ccc(CNC(=O)CCCCCCC(C)C)cc1OC. The van der Waals surface area contributed by atoms with Gasteiger partial charge < -0.3 is 14.8 Å². The lowest BCUT2D eigenvalue weighted by Gasteiger charge is -2.16. The number of carbonyl (C=O) groups is 1. The second-order valence-corrected chi connectivity index (χ2v) is 7.45. The Bertz CT molecular complexity index is 528. The van der Waals surface area contributed by atoms with Gasteiger partial charge in [-0.2, -0.15) is 0 Å². The van der Waals surface area contributed by atoms with Crippen LogP contribution in [0.4, 0.5) is 0 Å². The highest BCUT2D eigenvalue weighted by Crippen LogP contribution is 2.29. The van der Waals surface area contributed by atoms with E-state index in [4.69, 9.17) is 9.47 Å². The van der Waals surface area contributed by atoms with Gasteiger partial charge in [0, 0.05) is 13.0 Å². The highest BCUT2D eigenvalue weighted by atomic mass is 16.5. The molecule has 0 bridgehead atoms. The Balaban J connectivity index is 2.34. The summed E-state index contributed by atoms with van der Waals surface area (Å²) >= 11 is 0. The van der Waals surface area contributed by atoms with Crippen molar-refractivity contribution >= 4 is 5.91 Å². The van der Waals surface area contributed by atoms with Gasteiger partial charge in [0.15, 0.2) is 11.5 Å². The fourth-order valence-corrected chi connectivity index (χ4v) is 2.70. The summed E-state index contributed by atoms with van der Waals surface area (Å²) < 4.78 is 11.3. The molecule has 0 fully saturated rings. The third kappa shape index (κ3) is 9.12. The molecule has 0 radical (unpaired) electrons. The average Bonchev–Trinajstić information content (AvgIpc) is 2.63. The molecule has 0 saturated carbocycles. The van der Waals surface area contributed by atoms with Gasteiger partial charge in [-0.25, -0.2) is 0 Å². The Kier molecular flexibility index (Phi) is 10.8. The molecule has 1 aromatic carbocycles. The Morgan fingerprint density at radius 2 is 1.81 bits per heavy atom. The second kappa shape index (κ2) is 12.6. The van der Waals surface area contributed by atoms with E-state index in [2.05, 4.69) is 26.1 Å². The molecule has 0 aliphatic rings. The van der Waals surface area contributed by atoms with Crippen molar-refractivity contribution < 1.29 is 14.3 Å². The summed E-state index contributed by atoms with van der Waals surface area (Å²) in [7, 11) is 1.64. The topological polar surface area (TPSA) is 47.6 Å². The first-order valence-corrected chi connectivity index (χ1v) is 10.1. The summed E-state index contributed by atoms with van der Waals surface area (Å²) in [4.78, 5) is 12.0. The van der Waals surface area contributed by atoms with Crippen molar-refractivity contribution in [2.75, 3.05) is 7.11 Å². The number of benzene rings is 1. The molecule has 1 unspecified atom stereocenters. The predicted molar refractivity (Wildman–Crippen MR) is 108 cm³/mol. The third-order valence-corrected chi connectivity index (χ3v) is 4.56. The number of unbranched alkanes of at least 4 members (excludes halogenated alkanes) is 3. The van der Waals surface area contributed by atoms with Crippen LogP contribution in [0, 0.1) is 5.92 Å². The maximum atomic E-state index is 12.0. The molecule has 1 aromatic rings. The smallest absolute Gasteiger partial charge is 0.220 e. The van der Waals surface area contributed by atoms with Crippen LogP contribution in [0.1, 0.15) is 78.2 Å². The summed E-state index contributed by atoms with van der Waals surface area (Å²) in [6.07, 6.45) is 7.57. The van der Waals surface area contributed by atoms with Crippen LogP contribution in [0.15, 0.2) is 18.2 Å². The van der Waals surface area contributed by atoms with Gasteiger partial charge in [0.1, 0.15) is 0 Å². The van der Waals surface area contributed by atoms with E-state index in [9.17, 15) is 4.79 Å². The van der Waals surface area contributed by atoms with Crippen LogP contribution < -0.4 is 14.8 Å².